The second kappa shape index (κ2) is 6.16. The molecule has 0 atom stereocenters. The van der Waals surface area contributed by atoms with Gasteiger partial charge in [0.25, 0.3) is 5.69 Å². The molecule has 0 aliphatic rings. The highest BCUT2D eigenvalue weighted by Gasteiger charge is 2.10. The number of hydrogen-bond donors (Lipinski definition) is 1. The lowest BCUT2D eigenvalue weighted by Gasteiger charge is -2.06. The first-order chi connectivity index (χ1) is 9.58. The van der Waals surface area contributed by atoms with Crippen LogP contribution in [0.4, 0.5) is 5.69 Å². The van der Waals surface area contributed by atoms with E-state index in [0.29, 0.717) is 18.8 Å². The summed E-state index contributed by atoms with van der Waals surface area (Å²) in [6.07, 6.45) is 3.70. The zero-order valence-corrected chi connectivity index (χ0v) is 11.4. The zero-order chi connectivity index (χ0) is 14.5. The highest BCUT2D eigenvalue weighted by molar-refractivity contribution is 5.42. The van der Waals surface area contributed by atoms with Crippen molar-refractivity contribution < 1.29 is 9.66 Å². The van der Waals surface area contributed by atoms with E-state index in [-0.39, 0.29) is 5.69 Å². The molecule has 0 aliphatic carbocycles. The lowest BCUT2D eigenvalue weighted by atomic mass is 10.2. The predicted octanol–water partition coefficient (Wildman–Crippen LogP) is 1.63. The van der Waals surface area contributed by atoms with Gasteiger partial charge in [-0.05, 0) is 11.6 Å². The molecule has 7 nitrogen and oxygen atoms in total. The van der Waals surface area contributed by atoms with Gasteiger partial charge in [-0.15, -0.1) is 0 Å². The van der Waals surface area contributed by atoms with Crippen molar-refractivity contribution in [3.05, 3.63) is 51.8 Å². The number of benzene rings is 1. The topological polar surface area (TPSA) is 82.2 Å². The fraction of sp³-hybridized carbons (Fsp3) is 0.308. The van der Waals surface area contributed by atoms with Crippen LogP contribution in [0.1, 0.15) is 11.1 Å². The third-order valence-electron chi connectivity index (χ3n) is 2.81. The van der Waals surface area contributed by atoms with Gasteiger partial charge in [0.05, 0.1) is 24.3 Å². The molecule has 7 heteroatoms. The quantitative estimate of drug-likeness (QED) is 0.640. The minimum absolute atomic E-state index is 0.0301. The summed E-state index contributed by atoms with van der Waals surface area (Å²) >= 11 is 0. The molecule has 0 spiro atoms. The summed E-state index contributed by atoms with van der Waals surface area (Å²) in [5.41, 5.74) is 1.90. The van der Waals surface area contributed by atoms with Gasteiger partial charge in [-0.1, -0.05) is 0 Å². The maximum Gasteiger partial charge on any atom is 0.273 e. The normalized spacial score (nSPS) is 10.5. The molecule has 106 valence electrons. The Morgan fingerprint density at radius 2 is 2.10 bits per heavy atom. The molecule has 1 N–H and O–H groups in total. The Kier molecular flexibility index (Phi) is 4.31. The first kappa shape index (κ1) is 14.0. The molecule has 0 bridgehead atoms. The lowest BCUT2D eigenvalue weighted by molar-refractivity contribution is -0.385. The van der Waals surface area contributed by atoms with Gasteiger partial charge < -0.3 is 10.1 Å². The van der Waals surface area contributed by atoms with Gasteiger partial charge in [-0.25, -0.2) is 0 Å². The summed E-state index contributed by atoms with van der Waals surface area (Å²) in [5, 5.41) is 18.1. The number of ether oxygens (including phenoxy) is 1. The minimum Gasteiger partial charge on any atom is -0.496 e. The molecule has 0 amide bonds. The van der Waals surface area contributed by atoms with Crippen LogP contribution >= 0.6 is 0 Å². The number of non-ortho nitro benzene ring substituents is 1. The van der Waals surface area contributed by atoms with Crippen LogP contribution < -0.4 is 10.1 Å². The van der Waals surface area contributed by atoms with Crippen LogP contribution in [-0.2, 0) is 20.1 Å². The first-order valence-electron chi connectivity index (χ1n) is 6.09. The van der Waals surface area contributed by atoms with E-state index in [1.807, 2.05) is 13.2 Å². The van der Waals surface area contributed by atoms with Gasteiger partial charge in [0.2, 0.25) is 0 Å². The molecule has 2 rings (SSSR count). The molecule has 0 saturated heterocycles. The van der Waals surface area contributed by atoms with E-state index in [1.54, 1.807) is 23.0 Å². The minimum atomic E-state index is -0.423. The van der Waals surface area contributed by atoms with Crippen molar-refractivity contribution in [1.82, 2.24) is 15.1 Å². The number of aryl methyl sites for hydroxylation is 1. The van der Waals surface area contributed by atoms with E-state index in [2.05, 4.69) is 10.4 Å². The molecule has 1 heterocycles. The molecule has 1 aromatic carbocycles. The standard InChI is InChI=1S/C13H16N4O3/c1-16-9-11(8-15-16)7-14-6-10-3-12(17(18)19)5-13(4-10)20-2/h3-5,8-9,14H,6-7H2,1-2H3. The van der Waals surface area contributed by atoms with Crippen LogP contribution in [0.3, 0.4) is 0 Å². The van der Waals surface area contributed by atoms with Crippen molar-refractivity contribution in [1.29, 1.82) is 0 Å². The fourth-order valence-corrected chi connectivity index (χ4v) is 1.88. The number of methoxy groups -OCH3 is 1. The van der Waals surface area contributed by atoms with Crippen molar-refractivity contribution in [2.45, 2.75) is 13.1 Å². The fourth-order valence-electron chi connectivity index (χ4n) is 1.88. The Morgan fingerprint density at radius 3 is 2.70 bits per heavy atom. The summed E-state index contributed by atoms with van der Waals surface area (Å²) in [6.45, 7) is 1.17. The summed E-state index contributed by atoms with van der Waals surface area (Å²) in [6, 6.07) is 4.73. The van der Waals surface area contributed by atoms with Gasteiger partial charge in [0.1, 0.15) is 5.75 Å². The smallest absolute Gasteiger partial charge is 0.273 e. The maximum atomic E-state index is 10.8. The Labute approximate surface area is 116 Å². The molecule has 0 unspecified atom stereocenters. The molecule has 1 aromatic heterocycles. The maximum absolute atomic E-state index is 10.8. The van der Waals surface area contributed by atoms with Crippen LogP contribution in [0.15, 0.2) is 30.6 Å². The van der Waals surface area contributed by atoms with E-state index < -0.39 is 4.92 Å². The zero-order valence-electron chi connectivity index (χ0n) is 11.4. The van der Waals surface area contributed by atoms with Gasteiger partial charge in [-0.3, -0.25) is 14.8 Å². The number of nitro benzene ring substituents is 1. The Hall–Kier alpha value is -2.41. The number of hydrogen-bond acceptors (Lipinski definition) is 5. The molecule has 0 saturated carbocycles. The summed E-state index contributed by atoms with van der Waals surface area (Å²) in [4.78, 5) is 10.4. The molecule has 0 aliphatic heterocycles. The van der Waals surface area contributed by atoms with Crippen molar-refractivity contribution in [2.75, 3.05) is 7.11 Å². The second-order valence-corrected chi connectivity index (χ2v) is 4.42. The molecule has 2 aromatic rings. The van der Waals surface area contributed by atoms with Crippen LogP contribution in [-0.4, -0.2) is 21.8 Å². The average Bonchev–Trinajstić information content (AvgIpc) is 2.84. The van der Waals surface area contributed by atoms with Crippen molar-refractivity contribution in [3.8, 4) is 5.75 Å². The van der Waals surface area contributed by atoms with Crippen LogP contribution in [0.25, 0.3) is 0 Å². The number of nitrogens with one attached hydrogen (secondary N) is 1. The number of aromatic nitrogens is 2. The van der Waals surface area contributed by atoms with E-state index in [1.165, 1.54) is 13.2 Å². The van der Waals surface area contributed by atoms with E-state index in [4.69, 9.17) is 4.74 Å². The van der Waals surface area contributed by atoms with Gasteiger partial charge in [0.15, 0.2) is 0 Å². The molecule has 0 fully saturated rings. The highest BCUT2D eigenvalue weighted by atomic mass is 16.6. The molecular formula is C13H16N4O3. The van der Waals surface area contributed by atoms with Gasteiger partial charge in [-0.2, -0.15) is 5.10 Å². The molecule has 0 radical (unpaired) electrons. The SMILES string of the molecule is COc1cc(CNCc2cnn(C)c2)cc([N+](=O)[O-])c1. The molecular weight excluding hydrogens is 260 g/mol. The van der Waals surface area contributed by atoms with E-state index >= 15 is 0 Å². The second-order valence-electron chi connectivity index (χ2n) is 4.42. The van der Waals surface area contributed by atoms with Crippen molar-refractivity contribution in [3.63, 3.8) is 0 Å². The van der Waals surface area contributed by atoms with E-state index in [0.717, 1.165) is 11.1 Å². The number of nitro groups is 1. The van der Waals surface area contributed by atoms with Gasteiger partial charge in [0, 0.05) is 38.0 Å². The monoisotopic (exact) mass is 276 g/mol. The third-order valence-corrected chi connectivity index (χ3v) is 2.81. The third kappa shape index (κ3) is 3.55. The Bertz CT molecular complexity index is 609. The van der Waals surface area contributed by atoms with Gasteiger partial charge >= 0.3 is 0 Å². The lowest BCUT2D eigenvalue weighted by Crippen LogP contribution is -2.12. The Balaban J connectivity index is 2.01. The summed E-state index contributed by atoms with van der Waals surface area (Å²) in [7, 11) is 3.35. The highest BCUT2D eigenvalue weighted by Crippen LogP contribution is 2.22. The van der Waals surface area contributed by atoms with Crippen LogP contribution in [0, 0.1) is 10.1 Å². The predicted molar refractivity (Wildman–Crippen MR) is 73.4 cm³/mol. The number of rotatable bonds is 6. The average molecular weight is 276 g/mol. The largest absolute Gasteiger partial charge is 0.496 e. The molecule has 20 heavy (non-hydrogen) atoms. The van der Waals surface area contributed by atoms with Crippen LogP contribution in [0.2, 0.25) is 0 Å². The summed E-state index contributed by atoms with van der Waals surface area (Å²) < 4.78 is 6.80. The van der Waals surface area contributed by atoms with Crippen molar-refractivity contribution in [2.24, 2.45) is 7.05 Å². The van der Waals surface area contributed by atoms with E-state index in [9.17, 15) is 10.1 Å². The summed E-state index contributed by atoms with van der Waals surface area (Å²) in [5.74, 6) is 0.484. The van der Waals surface area contributed by atoms with Crippen molar-refractivity contribution >= 4 is 5.69 Å². The number of nitrogens with zero attached hydrogens (tertiary/aromatic N) is 3. The Morgan fingerprint density at radius 1 is 1.35 bits per heavy atom. The first-order valence-corrected chi connectivity index (χ1v) is 6.09. The van der Waals surface area contributed by atoms with Crippen LogP contribution in [0.5, 0.6) is 5.75 Å².